The number of nitro benzene ring substituents is 1. The van der Waals surface area contributed by atoms with E-state index in [2.05, 4.69) is 10.2 Å². The number of nitrogens with zero attached hydrogens (tertiary/aromatic N) is 2. The summed E-state index contributed by atoms with van der Waals surface area (Å²) in [6.45, 7) is 4.47. The first kappa shape index (κ1) is 21.5. The third-order valence-electron chi connectivity index (χ3n) is 4.54. The van der Waals surface area contributed by atoms with Crippen molar-refractivity contribution in [2.45, 2.75) is 19.3 Å². The highest BCUT2D eigenvalue weighted by molar-refractivity contribution is 5.85. The van der Waals surface area contributed by atoms with Gasteiger partial charge in [0.2, 0.25) is 0 Å². The highest BCUT2D eigenvalue weighted by atomic mass is 35.5. The second-order valence-corrected chi connectivity index (χ2v) is 6.12. The van der Waals surface area contributed by atoms with Crippen LogP contribution in [0.3, 0.4) is 0 Å². The van der Waals surface area contributed by atoms with Gasteiger partial charge in [0.25, 0.3) is 0 Å². The topological polar surface area (TPSA) is 76.9 Å². The molecule has 0 unspecified atom stereocenters. The van der Waals surface area contributed by atoms with Crippen LogP contribution in [0.1, 0.15) is 19.3 Å². The molecule has 142 valence electrons. The number of methoxy groups -OCH3 is 1. The normalized spacial score (nSPS) is 15.4. The van der Waals surface area contributed by atoms with Crippen molar-refractivity contribution in [1.82, 2.24) is 10.2 Å². The third-order valence-corrected chi connectivity index (χ3v) is 4.54. The minimum atomic E-state index is -0.439. The molecular formula is C17H28ClN3O4. The lowest BCUT2D eigenvalue weighted by atomic mass is 9.93. The molecule has 1 fully saturated rings. The van der Waals surface area contributed by atoms with Crippen LogP contribution in [0.5, 0.6) is 11.5 Å². The maximum atomic E-state index is 11.1. The Hall–Kier alpha value is -1.57. The van der Waals surface area contributed by atoms with Crippen molar-refractivity contribution < 1.29 is 14.4 Å². The minimum Gasteiger partial charge on any atom is -0.496 e. The number of nitro groups is 1. The maximum absolute atomic E-state index is 11.1. The first-order valence-corrected chi connectivity index (χ1v) is 8.46. The van der Waals surface area contributed by atoms with Gasteiger partial charge < -0.3 is 14.8 Å². The summed E-state index contributed by atoms with van der Waals surface area (Å²) >= 11 is 0. The third kappa shape index (κ3) is 6.68. The van der Waals surface area contributed by atoms with Crippen LogP contribution in [0.4, 0.5) is 5.69 Å². The Morgan fingerprint density at radius 3 is 2.68 bits per heavy atom. The second-order valence-electron chi connectivity index (χ2n) is 6.12. The fourth-order valence-electron chi connectivity index (χ4n) is 3.02. The van der Waals surface area contributed by atoms with Gasteiger partial charge in [-0.15, -0.1) is 12.4 Å². The summed E-state index contributed by atoms with van der Waals surface area (Å²) in [6.07, 6.45) is 3.66. The molecule has 1 heterocycles. The second kappa shape index (κ2) is 11.1. The number of nitrogens with one attached hydrogen (secondary N) is 1. The SMILES string of the molecule is CNCCC1CCN(CCOc2ccc(OC)cc2[N+](=O)[O-])CC1.Cl. The van der Waals surface area contributed by atoms with Crippen molar-refractivity contribution in [3.05, 3.63) is 28.3 Å². The number of ether oxygens (including phenoxy) is 2. The fourth-order valence-corrected chi connectivity index (χ4v) is 3.02. The van der Waals surface area contributed by atoms with Gasteiger partial charge >= 0.3 is 5.69 Å². The van der Waals surface area contributed by atoms with E-state index in [4.69, 9.17) is 9.47 Å². The predicted octanol–water partition coefficient (Wildman–Crippen LogP) is 2.73. The first-order chi connectivity index (χ1) is 11.6. The Kier molecular flexibility index (Phi) is 9.55. The van der Waals surface area contributed by atoms with E-state index in [1.165, 1.54) is 32.4 Å². The van der Waals surface area contributed by atoms with Crippen molar-refractivity contribution in [2.24, 2.45) is 5.92 Å². The fraction of sp³-hybridized carbons (Fsp3) is 0.647. The Morgan fingerprint density at radius 2 is 2.08 bits per heavy atom. The molecule has 0 saturated carbocycles. The van der Waals surface area contributed by atoms with Gasteiger partial charge in [-0.05, 0) is 64.0 Å². The van der Waals surface area contributed by atoms with E-state index in [1.807, 2.05) is 7.05 Å². The molecule has 1 saturated heterocycles. The molecule has 0 radical (unpaired) electrons. The summed E-state index contributed by atoms with van der Waals surface area (Å²) in [6, 6.07) is 4.67. The number of piperidine rings is 1. The summed E-state index contributed by atoms with van der Waals surface area (Å²) in [7, 11) is 3.48. The van der Waals surface area contributed by atoms with Crippen LogP contribution >= 0.6 is 12.4 Å². The highest BCUT2D eigenvalue weighted by Crippen LogP contribution is 2.31. The van der Waals surface area contributed by atoms with Crippen LogP contribution in [0, 0.1) is 16.0 Å². The largest absolute Gasteiger partial charge is 0.496 e. The number of benzene rings is 1. The molecular weight excluding hydrogens is 346 g/mol. The highest BCUT2D eigenvalue weighted by Gasteiger charge is 2.20. The Morgan fingerprint density at radius 1 is 1.36 bits per heavy atom. The molecule has 25 heavy (non-hydrogen) atoms. The van der Waals surface area contributed by atoms with Crippen LogP contribution in [0.2, 0.25) is 0 Å². The number of halogens is 1. The van der Waals surface area contributed by atoms with Gasteiger partial charge in [0.15, 0.2) is 5.75 Å². The molecule has 0 amide bonds. The monoisotopic (exact) mass is 373 g/mol. The summed E-state index contributed by atoms with van der Waals surface area (Å²) in [5.41, 5.74) is -0.0554. The van der Waals surface area contributed by atoms with Gasteiger partial charge in [0, 0.05) is 6.54 Å². The number of hydrogen-bond acceptors (Lipinski definition) is 6. The summed E-state index contributed by atoms with van der Waals surface area (Å²) in [5.74, 6) is 1.56. The van der Waals surface area contributed by atoms with Crippen molar-refractivity contribution in [1.29, 1.82) is 0 Å². The van der Waals surface area contributed by atoms with Crippen LogP contribution < -0.4 is 14.8 Å². The zero-order valence-corrected chi connectivity index (χ0v) is 15.7. The molecule has 1 aromatic carbocycles. The van der Waals surface area contributed by atoms with Gasteiger partial charge in [0.05, 0.1) is 18.1 Å². The molecule has 0 atom stereocenters. The van der Waals surface area contributed by atoms with E-state index >= 15 is 0 Å². The van der Waals surface area contributed by atoms with Gasteiger partial charge in [-0.25, -0.2) is 0 Å². The molecule has 7 nitrogen and oxygen atoms in total. The van der Waals surface area contributed by atoms with E-state index in [1.54, 1.807) is 12.1 Å². The molecule has 2 rings (SSSR count). The molecule has 1 aliphatic heterocycles. The van der Waals surface area contributed by atoms with E-state index in [0.717, 1.165) is 32.1 Å². The van der Waals surface area contributed by atoms with Crippen LogP contribution in [0.15, 0.2) is 18.2 Å². The molecule has 0 bridgehead atoms. The zero-order chi connectivity index (χ0) is 17.4. The van der Waals surface area contributed by atoms with Crippen molar-refractivity contribution in [2.75, 3.05) is 46.9 Å². The summed E-state index contributed by atoms with van der Waals surface area (Å²) < 4.78 is 10.7. The van der Waals surface area contributed by atoms with Crippen molar-refractivity contribution in [3.63, 3.8) is 0 Å². The summed E-state index contributed by atoms with van der Waals surface area (Å²) in [4.78, 5) is 13.1. The number of hydrogen-bond donors (Lipinski definition) is 1. The summed E-state index contributed by atoms with van der Waals surface area (Å²) in [5, 5.41) is 14.3. The van der Waals surface area contributed by atoms with Crippen molar-refractivity contribution in [3.8, 4) is 11.5 Å². The lowest BCUT2D eigenvalue weighted by Gasteiger charge is -2.31. The van der Waals surface area contributed by atoms with E-state index < -0.39 is 4.92 Å². The molecule has 0 aliphatic carbocycles. The van der Waals surface area contributed by atoms with Gasteiger partial charge in [-0.2, -0.15) is 0 Å². The van der Waals surface area contributed by atoms with E-state index in [-0.39, 0.29) is 18.1 Å². The molecule has 1 aromatic rings. The smallest absolute Gasteiger partial charge is 0.314 e. The molecule has 8 heteroatoms. The molecule has 0 spiro atoms. The predicted molar refractivity (Wildman–Crippen MR) is 100 cm³/mol. The van der Waals surface area contributed by atoms with E-state index in [0.29, 0.717) is 18.1 Å². The average molecular weight is 374 g/mol. The van der Waals surface area contributed by atoms with Gasteiger partial charge in [-0.3, -0.25) is 15.0 Å². The Bertz CT molecular complexity index is 537. The zero-order valence-electron chi connectivity index (χ0n) is 14.9. The van der Waals surface area contributed by atoms with Crippen LogP contribution in [-0.4, -0.2) is 56.8 Å². The lowest BCUT2D eigenvalue weighted by molar-refractivity contribution is -0.385. The number of likely N-dealkylation sites (tertiary alicyclic amines) is 1. The van der Waals surface area contributed by atoms with Gasteiger partial charge in [0.1, 0.15) is 12.4 Å². The minimum absolute atomic E-state index is 0. The maximum Gasteiger partial charge on any atom is 0.314 e. The lowest BCUT2D eigenvalue weighted by Crippen LogP contribution is -2.37. The number of rotatable bonds is 9. The first-order valence-electron chi connectivity index (χ1n) is 8.46. The van der Waals surface area contributed by atoms with Crippen molar-refractivity contribution >= 4 is 18.1 Å². The molecule has 0 aromatic heterocycles. The standard InChI is InChI=1S/C17H27N3O4.ClH/c1-18-8-5-14-6-9-19(10-7-14)11-12-24-17-4-3-15(23-2)13-16(17)20(21)22;/h3-4,13-14,18H,5-12H2,1-2H3;1H. The van der Waals surface area contributed by atoms with Crippen LogP contribution in [0.25, 0.3) is 0 Å². The Balaban J connectivity index is 0.00000312. The quantitative estimate of drug-likeness (QED) is 0.529. The molecule has 1 N–H and O–H groups in total. The Labute approximate surface area is 155 Å². The van der Waals surface area contributed by atoms with Crippen LogP contribution in [-0.2, 0) is 0 Å². The van der Waals surface area contributed by atoms with E-state index in [9.17, 15) is 10.1 Å². The molecule has 1 aliphatic rings. The average Bonchev–Trinajstić information content (AvgIpc) is 2.61. The van der Waals surface area contributed by atoms with Gasteiger partial charge in [-0.1, -0.05) is 0 Å².